The average molecular weight is 330 g/mol. The third-order valence-corrected chi connectivity index (χ3v) is 5.29. The number of rotatable bonds is 5. The van der Waals surface area contributed by atoms with E-state index >= 15 is 0 Å². The molecule has 2 aliphatic heterocycles. The maximum atomic E-state index is 6.11. The number of ether oxygens (including phenoxy) is 2. The van der Waals surface area contributed by atoms with Crippen molar-refractivity contribution < 1.29 is 9.47 Å². The van der Waals surface area contributed by atoms with Gasteiger partial charge in [0.15, 0.2) is 5.65 Å². The summed E-state index contributed by atoms with van der Waals surface area (Å²) in [6.45, 7) is 3.56. The number of hydrogen-bond donors (Lipinski definition) is 1. The number of fused-ring (bicyclic) bond motifs is 1. The fourth-order valence-corrected chi connectivity index (χ4v) is 3.91. The Morgan fingerprint density at radius 3 is 3.04 bits per heavy atom. The van der Waals surface area contributed by atoms with Crippen molar-refractivity contribution in [3.63, 3.8) is 0 Å². The van der Waals surface area contributed by atoms with E-state index in [1.165, 1.54) is 0 Å². The first-order chi connectivity index (χ1) is 11.8. The van der Waals surface area contributed by atoms with E-state index in [9.17, 15) is 0 Å². The molecule has 24 heavy (non-hydrogen) atoms. The highest BCUT2D eigenvalue weighted by Crippen LogP contribution is 2.34. The minimum atomic E-state index is 0.0668. The highest BCUT2D eigenvalue weighted by Gasteiger charge is 2.38. The van der Waals surface area contributed by atoms with Crippen LogP contribution >= 0.6 is 0 Å². The maximum Gasteiger partial charge on any atom is 0.160 e. The van der Waals surface area contributed by atoms with Gasteiger partial charge in [-0.25, -0.2) is 0 Å². The van der Waals surface area contributed by atoms with E-state index in [1.54, 1.807) is 0 Å². The molecule has 2 fully saturated rings. The summed E-state index contributed by atoms with van der Waals surface area (Å²) in [6.07, 6.45) is 8.35. The van der Waals surface area contributed by atoms with Gasteiger partial charge in [0.2, 0.25) is 0 Å². The molecule has 0 aromatic carbocycles. The van der Waals surface area contributed by atoms with Crippen LogP contribution < -0.4 is 5.32 Å². The molecule has 130 valence electrons. The van der Waals surface area contributed by atoms with Crippen LogP contribution in [0.3, 0.4) is 0 Å². The molecule has 6 nitrogen and oxygen atoms in total. The van der Waals surface area contributed by atoms with Crippen molar-refractivity contribution in [3.05, 3.63) is 30.2 Å². The van der Waals surface area contributed by atoms with Gasteiger partial charge in [-0.15, -0.1) is 10.2 Å². The largest absolute Gasteiger partial charge is 0.381 e. The highest BCUT2D eigenvalue weighted by atomic mass is 16.5. The molecule has 1 atom stereocenters. The van der Waals surface area contributed by atoms with Gasteiger partial charge in [0.25, 0.3) is 0 Å². The molecule has 4 rings (SSSR count). The Bertz CT molecular complexity index is 660. The molecule has 1 unspecified atom stereocenters. The number of aryl methyl sites for hydroxylation is 1. The predicted octanol–water partition coefficient (Wildman–Crippen LogP) is 1.98. The Morgan fingerprint density at radius 1 is 1.21 bits per heavy atom. The van der Waals surface area contributed by atoms with Crippen molar-refractivity contribution >= 4 is 5.65 Å². The van der Waals surface area contributed by atoms with Crippen LogP contribution in [-0.4, -0.2) is 52.6 Å². The number of nitrogens with one attached hydrogen (secondary N) is 1. The maximum absolute atomic E-state index is 6.11. The quantitative estimate of drug-likeness (QED) is 0.850. The van der Waals surface area contributed by atoms with Crippen LogP contribution in [0, 0.1) is 0 Å². The molecule has 2 saturated heterocycles. The molecule has 2 aromatic rings. The van der Waals surface area contributed by atoms with E-state index in [0.717, 1.165) is 76.4 Å². The SMILES string of the molecule is c1ccn2c(CCCNC3CCOC4(CCOCC4)C3)nnc2c1. The molecule has 0 bridgehead atoms. The van der Waals surface area contributed by atoms with Gasteiger partial charge in [0, 0.05) is 38.5 Å². The Kier molecular flexibility index (Phi) is 4.78. The average Bonchev–Trinajstić information content (AvgIpc) is 3.03. The zero-order valence-corrected chi connectivity index (χ0v) is 14.1. The lowest BCUT2D eigenvalue weighted by molar-refractivity contribution is -0.140. The van der Waals surface area contributed by atoms with Crippen LogP contribution in [0.4, 0.5) is 0 Å². The van der Waals surface area contributed by atoms with E-state index < -0.39 is 0 Å². The second-order valence-electron chi connectivity index (χ2n) is 6.94. The lowest BCUT2D eigenvalue weighted by atomic mass is 9.84. The van der Waals surface area contributed by atoms with Gasteiger partial charge in [0.1, 0.15) is 5.82 Å². The summed E-state index contributed by atoms with van der Waals surface area (Å²) >= 11 is 0. The van der Waals surface area contributed by atoms with E-state index in [-0.39, 0.29) is 5.60 Å². The minimum absolute atomic E-state index is 0.0668. The van der Waals surface area contributed by atoms with Crippen molar-refractivity contribution in [2.45, 2.75) is 50.2 Å². The van der Waals surface area contributed by atoms with Crippen molar-refractivity contribution in [1.82, 2.24) is 19.9 Å². The summed E-state index contributed by atoms with van der Waals surface area (Å²) in [6, 6.07) is 6.57. The van der Waals surface area contributed by atoms with Gasteiger partial charge in [-0.05, 0) is 50.8 Å². The molecule has 1 N–H and O–H groups in total. The van der Waals surface area contributed by atoms with E-state index in [0.29, 0.717) is 6.04 Å². The van der Waals surface area contributed by atoms with E-state index in [2.05, 4.69) is 19.9 Å². The van der Waals surface area contributed by atoms with Gasteiger partial charge in [-0.1, -0.05) is 6.07 Å². The molecule has 4 heterocycles. The first-order valence-electron chi connectivity index (χ1n) is 9.08. The van der Waals surface area contributed by atoms with Gasteiger partial charge < -0.3 is 14.8 Å². The predicted molar refractivity (Wildman–Crippen MR) is 91.1 cm³/mol. The zero-order chi connectivity index (χ0) is 16.2. The molecule has 2 aliphatic rings. The lowest BCUT2D eigenvalue weighted by Crippen LogP contribution is -2.50. The number of pyridine rings is 1. The first-order valence-corrected chi connectivity index (χ1v) is 9.08. The number of aromatic nitrogens is 3. The van der Waals surface area contributed by atoms with Gasteiger partial charge in [0.05, 0.1) is 5.60 Å². The summed E-state index contributed by atoms with van der Waals surface area (Å²) in [5.74, 6) is 1.04. The highest BCUT2D eigenvalue weighted by molar-refractivity contribution is 5.36. The van der Waals surface area contributed by atoms with Crippen LogP contribution in [0.5, 0.6) is 0 Å². The minimum Gasteiger partial charge on any atom is -0.381 e. The molecule has 6 heteroatoms. The number of nitrogens with zero attached hydrogens (tertiary/aromatic N) is 3. The molecule has 1 spiro atoms. The van der Waals surface area contributed by atoms with Crippen LogP contribution in [0.15, 0.2) is 24.4 Å². The molecule has 0 radical (unpaired) electrons. The van der Waals surface area contributed by atoms with Crippen molar-refractivity contribution in [2.24, 2.45) is 0 Å². The van der Waals surface area contributed by atoms with Gasteiger partial charge in [-0.2, -0.15) is 0 Å². The van der Waals surface area contributed by atoms with Crippen molar-refractivity contribution in [1.29, 1.82) is 0 Å². The van der Waals surface area contributed by atoms with Crippen LogP contribution in [0.1, 0.15) is 37.9 Å². The second kappa shape index (κ2) is 7.17. The summed E-state index contributed by atoms with van der Waals surface area (Å²) in [5, 5.41) is 12.2. The number of hydrogen-bond acceptors (Lipinski definition) is 5. The molecular weight excluding hydrogens is 304 g/mol. The Morgan fingerprint density at radius 2 is 2.12 bits per heavy atom. The van der Waals surface area contributed by atoms with Crippen LogP contribution in [-0.2, 0) is 15.9 Å². The standard InChI is InChI=1S/C18H26N4O2/c1-2-10-22-16(4-1)20-21-17(22)5-3-9-19-15-6-11-24-18(14-15)7-12-23-13-8-18/h1-2,4,10,15,19H,3,5-9,11-14H2. The normalized spacial score (nSPS) is 23.8. The molecule has 0 aliphatic carbocycles. The third kappa shape index (κ3) is 3.45. The third-order valence-electron chi connectivity index (χ3n) is 5.29. The lowest BCUT2D eigenvalue weighted by Gasteiger charge is -2.43. The Labute approximate surface area is 142 Å². The Hall–Kier alpha value is -1.50. The van der Waals surface area contributed by atoms with Gasteiger partial charge in [-0.3, -0.25) is 4.40 Å². The second-order valence-corrected chi connectivity index (χ2v) is 6.94. The molecule has 0 amide bonds. The molecule has 0 saturated carbocycles. The van der Waals surface area contributed by atoms with E-state index in [1.807, 2.05) is 24.4 Å². The Balaban J connectivity index is 1.25. The summed E-state index contributed by atoms with van der Waals surface area (Å²) in [4.78, 5) is 0. The van der Waals surface area contributed by atoms with Crippen molar-refractivity contribution in [2.75, 3.05) is 26.4 Å². The monoisotopic (exact) mass is 330 g/mol. The molecule has 2 aromatic heterocycles. The van der Waals surface area contributed by atoms with Crippen molar-refractivity contribution in [3.8, 4) is 0 Å². The topological polar surface area (TPSA) is 60.7 Å². The molecular formula is C18H26N4O2. The van der Waals surface area contributed by atoms with Crippen LogP contribution in [0.2, 0.25) is 0 Å². The van der Waals surface area contributed by atoms with Gasteiger partial charge >= 0.3 is 0 Å². The first kappa shape index (κ1) is 16.0. The summed E-state index contributed by atoms with van der Waals surface area (Å²) < 4.78 is 13.7. The van der Waals surface area contributed by atoms with E-state index in [4.69, 9.17) is 9.47 Å². The fraction of sp³-hybridized carbons (Fsp3) is 0.667. The summed E-state index contributed by atoms with van der Waals surface area (Å²) in [5.41, 5.74) is 0.989. The van der Waals surface area contributed by atoms with Crippen LogP contribution in [0.25, 0.3) is 5.65 Å². The fourth-order valence-electron chi connectivity index (χ4n) is 3.91. The summed E-state index contributed by atoms with van der Waals surface area (Å²) in [7, 11) is 0. The smallest absolute Gasteiger partial charge is 0.160 e. The zero-order valence-electron chi connectivity index (χ0n) is 14.1.